The number of hydrogen-bond donors (Lipinski definition) is 1. The maximum atomic E-state index is 4.12. The van der Waals surface area contributed by atoms with Crippen molar-refractivity contribution in [3.63, 3.8) is 0 Å². The molecule has 0 saturated carbocycles. The van der Waals surface area contributed by atoms with Gasteiger partial charge in [-0.05, 0) is 12.5 Å². The molecule has 70 valence electrons. The number of fused-ring (bicyclic) bond motifs is 1. The Kier molecular flexibility index (Phi) is 3.50. The standard InChI is InChI=1S/C9H10N2.C2H6/c1-7-3-2-4-8-5-10-6-11-9(7)8;1-2/h2-5,11H,6H2,1H3;1-2H3. The van der Waals surface area contributed by atoms with Crippen molar-refractivity contribution >= 4 is 11.9 Å². The third-order valence-corrected chi connectivity index (χ3v) is 1.88. The maximum Gasteiger partial charge on any atom is 0.107 e. The number of para-hydroxylation sites is 1. The number of nitrogens with one attached hydrogen (secondary N) is 1. The van der Waals surface area contributed by atoms with Crippen LogP contribution in [0.4, 0.5) is 5.69 Å². The Morgan fingerprint density at radius 2 is 2.08 bits per heavy atom. The molecule has 0 aromatic heterocycles. The van der Waals surface area contributed by atoms with E-state index in [0.29, 0.717) is 6.67 Å². The smallest absolute Gasteiger partial charge is 0.107 e. The number of anilines is 1. The average Bonchev–Trinajstić information content (AvgIpc) is 2.22. The first-order valence-corrected chi connectivity index (χ1v) is 4.71. The first-order chi connectivity index (χ1) is 6.38. The van der Waals surface area contributed by atoms with Gasteiger partial charge in [0, 0.05) is 17.5 Å². The highest BCUT2D eigenvalue weighted by atomic mass is 15.0. The largest absolute Gasteiger partial charge is 0.366 e. The van der Waals surface area contributed by atoms with E-state index in [-0.39, 0.29) is 0 Å². The van der Waals surface area contributed by atoms with Gasteiger partial charge in [-0.25, -0.2) is 0 Å². The molecule has 2 rings (SSSR count). The summed E-state index contributed by atoms with van der Waals surface area (Å²) in [6.45, 7) is 6.81. The molecule has 0 fully saturated rings. The molecule has 0 radical (unpaired) electrons. The molecule has 1 aliphatic heterocycles. The van der Waals surface area contributed by atoms with Gasteiger partial charge in [-0.15, -0.1) is 0 Å². The van der Waals surface area contributed by atoms with Crippen molar-refractivity contribution in [3.05, 3.63) is 29.3 Å². The molecule has 0 aliphatic carbocycles. The van der Waals surface area contributed by atoms with Crippen molar-refractivity contribution in [1.29, 1.82) is 0 Å². The first kappa shape index (κ1) is 9.78. The molecule has 0 spiro atoms. The third kappa shape index (κ3) is 2.08. The van der Waals surface area contributed by atoms with Crippen LogP contribution in [0.15, 0.2) is 23.2 Å². The number of aryl methyl sites for hydroxylation is 1. The molecule has 2 nitrogen and oxygen atoms in total. The average molecular weight is 176 g/mol. The van der Waals surface area contributed by atoms with Crippen molar-refractivity contribution in [2.75, 3.05) is 12.0 Å². The molecular formula is C11H16N2. The van der Waals surface area contributed by atoms with Crippen LogP contribution in [0.2, 0.25) is 0 Å². The highest BCUT2D eigenvalue weighted by molar-refractivity contribution is 5.90. The third-order valence-electron chi connectivity index (χ3n) is 1.88. The summed E-state index contributed by atoms with van der Waals surface area (Å²) < 4.78 is 0. The Balaban J connectivity index is 0.000000396. The molecule has 0 bridgehead atoms. The van der Waals surface area contributed by atoms with E-state index in [2.05, 4.69) is 29.4 Å². The highest BCUT2D eigenvalue weighted by Crippen LogP contribution is 2.20. The zero-order valence-electron chi connectivity index (χ0n) is 8.46. The number of hydrogen-bond acceptors (Lipinski definition) is 2. The van der Waals surface area contributed by atoms with Crippen LogP contribution in [-0.2, 0) is 0 Å². The van der Waals surface area contributed by atoms with Gasteiger partial charge in [-0.3, -0.25) is 4.99 Å². The maximum absolute atomic E-state index is 4.12. The van der Waals surface area contributed by atoms with Gasteiger partial charge in [-0.2, -0.15) is 0 Å². The predicted octanol–water partition coefficient (Wildman–Crippen LogP) is 2.82. The highest BCUT2D eigenvalue weighted by Gasteiger charge is 2.04. The van der Waals surface area contributed by atoms with Gasteiger partial charge in [0.15, 0.2) is 0 Å². The molecule has 1 aromatic carbocycles. The molecule has 0 amide bonds. The Bertz CT molecular complexity index is 303. The molecule has 1 heterocycles. The minimum absolute atomic E-state index is 0.706. The van der Waals surface area contributed by atoms with Crippen LogP contribution >= 0.6 is 0 Å². The first-order valence-electron chi connectivity index (χ1n) is 4.71. The van der Waals surface area contributed by atoms with Crippen LogP contribution in [0.1, 0.15) is 25.0 Å². The van der Waals surface area contributed by atoms with E-state index in [1.807, 2.05) is 26.1 Å². The fourth-order valence-corrected chi connectivity index (χ4v) is 1.31. The minimum Gasteiger partial charge on any atom is -0.366 e. The molecule has 0 unspecified atom stereocenters. The second kappa shape index (κ2) is 4.65. The van der Waals surface area contributed by atoms with Gasteiger partial charge in [0.1, 0.15) is 6.67 Å². The molecule has 13 heavy (non-hydrogen) atoms. The lowest BCUT2D eigenvalue weighted by Crippen LogP contribution is -2.08. The summed E-state index contributed by atoms with van der Waals surface area (Å²) in [5, 5.41) is 3.23. The summed E-state index contributed by atoms with van der Waals surface area (Å²) in [6, 6.07) is 6.22. The summed E-state index contributed by atoms with van der Waals surface area (Å²) in [5.74, 6) is 0. The normalized spacial score (nSPS) is 12.2. The number of nitrogens with zero attached hydrogens (tertiary/aromatic N) is 1. The van der Waals surface area contributed by atoms with E-state index < -0.39 is 0 Å². The quantitative estimate of drug-likeness (QED) is 0.645. The molecule has 0 saturated heterocycles. The molecule has 0 atom stereocenters. The minimum atomic E-state index is 0.706. The van der Waals surface area contributed by atoms with E-state index in [4.69, 9.17) is 0 Å². The van der Waals surface area contributed by atoms with Gasteiger partial charge < -0.3 is 5.32 Å². The Hall–Kier alpha value is -1.31. The van der Waals surface area contributed by atoms with Gasteiger partial charge in [-0.1, -0.05) is 32.0 Å². The number of aliphatic imine (C=N–C) groups is 1. The van der Waals surface area contributed by atoms with Gasteiger partial charge in [0.05, 0.1) is 0 Å². The molecule has 1 aromatic rings. The summed E-state index contributed by atoms with van der Waals surface area (Å²) in [6.07, 6.45) is 1.92. The van der Waals surface area contributed by atoms with Crippen molar-refractivity contribution < 1.29 is 0 Å². The van der Waals surface area contributed by atoms with Crippen LogP contribution < -0.4 is 5.32 Å². The van der Waals surface area contributed by atoms with Crippen molar-refractivity contribution in [1.82, 2.24) is 0 Å². The monoisotopic (exact) mass is 176 g/mol. The zero-order chi connectivity index (χ0) is 9.68. The molecule has 2 heteroatoms. The van der Waals surface area contributed by atoms with Gasteiger partial charge >= 0.3 is 0 Å². The fourth-order valence-electron chi connectivity index (χ4n) is 1.31. The van der Waals surface area contributed by atoms with E-state index in [9.17, 15) is 0 Å². The summed E-state index contributed by atoms with van der Waals surface area (Å²) in [7, 11) is 0. The van der Waals surface area contributed by atoms with E-state index in [1.165, 1.54) is 16.8 Å². The van der Waals surface area contributed by atoms with Crippen molar-refractivity contribution in [2.24, 2.45) is 4.99 Å². The van der Waals surface area contributed by atoms with Crippen molar-refractivity contribution in [3.8, 4) is 0 Å². The van der Waals surface area contributed by atoms with Gasteiger partial charge in [0.25, 0.3) is 0 Å². The zero-order valence-corrected chi connectivity index (χ0v) is 8.46. The Morgan fingerprint density at radius 1 is 1.31 bits per heavy atom. The summed E-state index contributed by atoms with van der Waals surface area (Å²) >= 11 is 0. The van der Waals surface area contributed by atoms with Crippen molar-refractivity contribution in [2.45, 2.75) is 20.8 Å². The molecular weight excluding hydrogens is 160 g/mol. The van der Waals surface area contributed by atoms with E-state index in [1.54, 1.807) is 0 Å². The lowest BCUT2D eigenvalue weighted by Gasteiger charge is -2.14. The van der Waals surface area contributed by atoms with Crippen LogP contribution in [0.3, 0.4) is 0 Å². The van der Waals surface area contributed by atoms with E-state index >= 15 is 0 Å². The van der Waals surface area contributed by atoms with E-state index in [0.717, 1.165) is 0 Å². The van der Waals surface area contributed by atoms with Gasteiger partial charge in [0.2, 0.25) is 0 Å². The summed E-state index contributed by atoms with van der Waals surface area (Å²) in [4.78, 5) is 4.12. The Morgan fingerprint density at radius 3 is 2.77 bits per heavy atom. The van der Waals surface area contributed by atoms with Crippen LogP contribution in [0.25, 0.3) is 0 Å². The topological polar surface area (TPSA) is 24.4 Å². The fraction of sp³-hybridized carbons (Fsp3) is 0.364. The second-order valence-electron chi connectivity index (χ2n) is 2.69. The predicted molar refractivity (Wildman–Crippen MR) is 58.6 cm³/mol. The van der Waals surface area contributed by atoms with Crippen LogP contribution in [0.5, 0.6) is 0 Å². The number of benzene rings is 1. The summed E-state index contributed by atoms with van der Waals surface area (Å²) in [5.41, 5.74) is 3.70. The SMILES string of the molecule is CC.Cc1cccc2c1NCN=C2. The van der Waals surface area contributed by atoms with Crippen LogP contribution in [0, 0.1) is 6.92 Å². The second-order valence-corrected chi connectivity index (χ2v) is 2.69. The lowest BCUT2D eigenvalue weighted by atomic mass is 10.1. The van der Waals surface area contributed by atoms with Crippen LogP contribution in [-0.4, -0.2) is 12.9 Å². The lowest BCUT2D eigenvalue weighted by molar-refractivity contribution is 1.12. The molecule has 1 aliphatic rings. The Labute approximate surface area is 79.7 Å². The number of rotatable bonds is 0. The molecule has 1 N–H and O–H groups in total.